The predicted octanol–water partition coefficient (Wildman–Crippen LogP) is 3.71. The summed E-state index contributed by atoms with van der Waals surface area (Å²) in [4.78, 5) is 2.50. The van der Waals surface area contributed by atoms with Crippen molar-refractivity contribution in [3.05, 3.63) is 35.8 Å². The summed E-state index contributed by atoms with van der Waals surface area (Å²) in [5.41, 5.74) is 0.696. The monoisotopic (exact) mass is 290 g/mol. The van der Waals surface area contributed by atoms with Crippen molar-refractivity contribution in [2.75, 3.05) is 20.1 Å². The lowest BCUT2D eigenvalue weighted by Crippen LogP contribution is -2.50. The zero-order chi connectivity index (χ0) is 15.0. The van der Waals surface area contributed by atoms with Crippen LogP contribution >= 0.6 is 0 Å². The van der Waals surface area contributed by atoms with Gasteiger partial charge in [0, 0.05) is 10.9 Å². The van der Waals surface area contributed by atoms with Gasteiger partial charge in [0.15, 0.2) is 0 Å². The number of rotatable bonds is 4. The Morgan fingerprint density at radius 2 is 1.95 bits per heavy atom. The molecule has 0 spiro atoms. The predicted molar refractivity (Wildman–Crippen MR) is 82.9 cm³/mol. The van der Waals surface area contributed by atoms with Gasteiger partial charge in [-0.05, 0) is 71.1 Å². The first kappa shape index (κ1) is 14.5. The first-order chi connectivity index (χ1) is 10.0. The Morgan fingerprint density at radius 1 is 1.24 bits per heavy atom. The number of likely N-dealkylation sites (N-methyl/N-ethyl adjacent to an activating group) is 1. The topological polar surface area (TPSA) is 28.4 Å². The summed E-state index contributed by atoms with van der Waals surface area (Å²) < 4.78 is 19.3. The van der Waals surface area contributed by atoms with Gasteiger partial charge in [0.1, 0.15) is 17.2 Å². The summed E-state index contributed by atoms with van der Waals surface area (Å²) in [6.45, 7) is 6.74. The van der Waals surface area contributed by atoms with Crippen molar-refractivity contribution in [3.8, 4) is 0 Å². The van der Waals surface area contributed by atoms with Gasteiger partial charge in [-0.1, -0.05) is 0 Å². The van der Waals surface area contributed by atoms with E-state index in [1.165, 1.54) is 25.0 Å². The molecule has 0 amide bonds. The van der Waals surface area contributed by atoms with Crippen molar-refractivity contribution in [1.82, 2.24) is 10.2 Å². The molecule has 1 aromatic carbocycles. The first-order valence-electron chi connectivity index (χ1n) is 7.63. The Morgan fingerprint density at radius 3 is 2.62 bits per heavy atom. The van der Waals surface area contributed by atoms with Crippen LogP contribution in [0, 0.1) is 5.82 Å². The van der Waals surface area contributed by atoms with Crippen LogP contribution in [0.5, 0.6) is 0 Å². The summed E-state index contributed by atoms with van der Waals surface area (Å²) in [6.07, 6.45) is 2.51. The molecule has 21 heavy (non-hydrogen) atoms. The molecule has 114 valence electrons. The van der Waals surface area contributed by atoms with Gasteiger partial charge in [-0.25, -0.2) is 4.39 Å². The lowest BCUT2D eigenvalue weighted by Gasteiger charge is -2.41. The van der Waals surface area contributed by atoms with Crippen LogP contribution < -0.4 is 5.32 Å². The largest absolute Gasteiger partial charge is 0.459 e. The molecule has 0 aliphatic carbocycles. The lowest BCUT2D eigenvalue weighted by atomic mass is 9.90. The Hall–Kier alpha value is -1.39. The molecule has 1 atom stereocenters. The normalized spacial score (nSPS) is 18.5. The maximum Gasteiger partial charge on any atom is 0.134 e. The summed E-state index contributed by atoms with van der Waals surface area (Å²) in [6, 6.07) is 6.69. The molecule has 3 rings (SSSR count). The highest BCUT2D eigenvalue weighted by Gasteiger charge is 2.38. The second-order valence-electron chi connectivity index (χ2n) is 6.40. The quantitative estimate of drug-likeness (QED) is 0.930. The highest BCUT2D eigenvalue weighted by molar-refractivity contribution is 5.78. The van der Waals surface area contributed by atoms with E-state index in [0.717, 1.165) is 29.8 Å². The number of furan rings is 1. The number of halogens is 1. The minimum atomic E-state index is -0.227. The third-order valence-electron chi connectivity index (χ3n) is 4.70. The van der Waals surface area contributed by atoms with E-state index in [4.69, 9.17) is 4.42 Å². The summed E-state index contributed by atoms with van der Waals surface area (Å²) in [7, 11) is 1.95. The molecule has 1 aliphatic rings. The van der Waals surface area contributed by atoms with Gasteiger partial charge in [0.2, 0.25) is 0 Å². The maximum atomic E-state index is 13.3. The molecule has 0 bridgehead atoms. The molecule has 3 nitrogen and oxygen atoms in total. The fraction of sp³-hybridized carbons (Fsp3) is 0.529. The number of benzene rings is 1. The van der Waals surface area contributed by atoms with E-state index in [1.54, 1.807) is 6.07 Å². The molecule has 2 aromatic rings. The Bertz CT molecular complexity index is 629. The first-order valence-corrected chi connectivity index (χ1v) is 7.63. The fourth-order valence-electron chi connectivity index (χ4n) is 3.50. The molecule has 4 heteroatoms. The number of likely N-dealkylation sites (tertiary alicyclic amines) is 1. The Kier molecular flexibility index (Phi) is 3.76. The molecular weight excluding hydrogens is 267 g/mol. The molecule has 1 fully saturated rings. The van der Waals surface area contributed by atoms with Crippen molar-refractivity contribution in [1.29, 1.82) is 0 Å². The van der Waals surface area contributed by atoms with Crippen molar-refractivity contribution in [2.24, 2.45) is 0 Å². The van der Waals surface area contributed by atoms with E-state index in [2.05, 4.69) is 24.1 Å². The average molecular weight is 290 g/mol. The second kappa shape index (κ2) is 5.43. The molecule has 1 N–H and O–H groups in total. The van der Waals surface area contributed by atoms with Crippen LogP contribution in [-0.4, -0.2) is 30.6 Å². The fourth-order valence-corrected chi connectivity index (χ4v) is 3.50. The third-order valence-corrected chi connectivity index (χ3v) is 4.70. The van der Waals surface area contributed by atoms with Gasteiger partial charge in [-0.3, -0.25) is 4.90 Å². The molecule has 0 radical (unpaired) electrons. The minimum Gasteiger partial charge on any atom is -0.459 e. The van der Waals surface area contributed by atoms with Crippen LogP contribution in [0.15, 0.2) is 28.7 Å². The van der Waals surface area contributed by atoms with Crippen LogP contribution in [0.2, 0.25) is 0 Å². The number of nitrogens with zero attached hydrogens (tertiary/aromatic N) is 1. The van der Waals surface area contributed by atoms with Gasteiger partial charge in [0.05, 0.1) is 6.04 Å². The van der Waals surface area contributed by atoms with E-state index in [9.17, 15) is 4.39 Å². The van der Waals surface area contributed by atoms with E-state index in [-0.39, 0.29) is 17.4 Å². The van der Waals surface area contributed by atoms with Gasteiger partial charge < -0.3 is 9.73 Å². The molecule has 1 aromatic heterocycles. The van der Waals surface area contributed by atoms with Gasteiger partial charge in [0.25, 0.3) is 0 Å². The van der Waals surface area contributed by atoms with Crippen LogP contribution in [0.3, 0.4) is 0 Å². The zero-order valence-electron chi connectivity index (χ0n) is 12.9. The Balaban J connectivity index is 1.97. The number of fused-ring (bicyclic) bond motifs is 1. The second-order valence-corrected chi connectivity index (χ2v) is 6.40. The number of nitrogens with one attached hydrogen (secondary N) is 1. The molecule has 1 unspecified atom stereocenters. The van der Waals surface area contributed by atoms with E-state index in [1.807, 2.05) is 13.1 Å². The summed E-state index contributed by atoms with van der Waals surface area (Å²) in [5.74, 6) is 0.643. The Labute approximate surface area is 125 Å². The maximum absolute atomic E-state index is 13.3. The average Bonchev–Trinajstić information content (AvgIpc) is 3.07. The summed E-state index contributed by atoms with van der Waals surface area (Å²) >= 11 is 0. The van der Waals surface area contributed by atoms with Crippen LogP contribution in [0.4, 0.5) is 4.39 Å². The molecular formula is C17H23FN2O. The SMILES string of the molecule is CNC(c1cc2cc(F)ccc2o1)C(C)(C)N1CCCC1. The smallest absolute Gasteiger partial charge is 0.134 e. The van der Waals surface area contributed by atoms with Crippen molar-refractivity contribution >= 4 is 11.0 Å². The van der Waals surface area contributed by atoms with Crippen molar-refractivity contribution in [2.45, 2.75) is 38.3 Å². The summed E-state index contributed by atoms with van der Waals surface area (Å²) in [5, 5.41) is 4.20. The lowest BCUT2D eigenvalue weighted by molar-refractivity contribution is 0.101. The van der Waals surface area contributed by atoms with Crippen LogP contribution in [0.25, 0.3) is 11.0 Å². The van der Waals surface area contributed by atoms with Crippen LogP contribution in [-0.2, 0) is 0 Å². The van der Waals surface area contributed by atoms with Crippen LogP contribution in [0.1, 0.15) is 38.5 Å². The number of hydrogen-bond acceptors (Lipinski definition) is 3. The van der Waals surface area contributed by atoms with Crippen molar-refractivity contribution in [3.63, 3.8) is 0 Å². The van der Waals surface area contributed by atoms with E-state index >= 15 is 0 Å². The third kappa shape index (κ3) is 2.58. The van der Waals surface area contributed by atoms with Gasteiger partial charge >= 0.3 is 0 Å². The highest BCUT2D eigenvalue weighted by Crippen LogP contribution is 2.35. The van der Waals surface area contributed by atoms with Crippen molar-refractivity contribution < 1.29 is 8.81 Å². The minimum absolute atomic E-state index is 0.0440. The molecule has 1 saturated heterocycles. The molecule has 1 aliphatic heterocycles. The molecule has 0 saturated carbocycles. The van der Waals surface area contributed by atoms with E-state index < -0.39 is 0 Å². The number of hydrogen-bond donors (Lipinski definition) is 1. The van der Waals surface area contributed by atoms with Gasteiger partial charge in [-0.2, -0.15) is 0 Å². The highest BCUT2D eigenvalue weighted by atomic mass is 19.1. The van der Waals surface area contributed by atoms with Gasteiger partial charge in [-0.15, -0.1) is 0 Å². The molecule has 2 heterocycles. The zero-order valence-corrected chi connectivity index (χ0v) is 12.9. The standard InChI is InChI=1S/C17H23FN2O/c1-17(2,20-8-4-5-9-20)16(19-3)15-11-12-10-13(18)6-7-14(12)21-15/h6-7,10-11,16,19H,4-5,8-9H2,1-3H3. The van der Waals surface area contributed by atoms with E-state index in [0.29, 0.717) is 0 Å².